The van der Waals surface area contributed by atoms with Gasteiger partial charge in [0.25, 0.3) is 0 Å². The van der Waals surface area contributed by atoms with Gasteiger partial charge in [-0.2, -0.15) is 20.2 Å². The van der Waals surface area contributed by atoms with E-state index in [1.165, 1.54) is 0 Å². The molecule has 0 saturated carbocycles. The van der Waals surface area contributed by atoms with Crippen molar-refractivity contribution in [1.82, 2.24) is 25.6 Å². The maximum absolute atomic E-state index is 10.1. The highest BCUT2D eigenvalue weighted by atomic mass is 35.5. The van der Waals surface area contributed by atoms with Crippen LogP contribution in [0.1, 0.15) is 20.8 Å². The van der Waals surface area contributed by atoms with Gasteiger partial charge in [-0.25, -0.2) is 4.79 Å². The maximum Gasteiger partial charge on any atom is 0.321 e. The summed E-state index contributed by atoms with van der Waals surface area (Å²) in [6, 6.07) is 1.69. The number of amides is 3. The number of carbonyl (C=O) groups is 2. The summed E-state index contributed by atoms with van der Waals surface area (Å²) in [5.74, 6) is 0.409. The van der Waals surface area contributed by atoms with Crippen LogP contribution in [0.3, 0.4) is 0 Å². The first-order valence-corrected chi connectivity index (χ1v) is 7.06. The summed E-state index contributed by atoms with van der Waals surface area (Å²) in [6.45, 7) is 6.17. The molecule has 1 aliphatic rings. The zero-order valence-corrected chi connectivity index (χ0v) is 13.7. The van der Waals surface area contributed by atoms with Crippen molar-refractivity contribution < 1.29 is 9.59 Å². The first-order valence-electron chi connectivity index (χ1n) is 6.68. The van der Waals surface area contributed by atoms with Crippen molar-refractivity contribution in [2.24, 2.45) is 0 Å². The molecule has 0 aliphatic carbocycles. The minimum absolute atomic E-state index is 0.0854. The number of aromatic nitrogens is 3. The van der Waals surface area contributed by atoms with Crippen LogP contribution < -0.4 is 21.3 Å². The molecule has 2 rings (SSSR count). The van der Waals surface area contributed by atoms with Gasteiger partial charge in [-0.05, 0) is 32.4 Å². The zero-order chi connectivity index (χ0) is 17.5. The van der Waals surface area contributed by atoms with Crippen LogP contribution in [0.2, 0.25) is 5.28 Å². The van der Waals surface area contributed by atoms with Gasteiger partial charge in [-0.1, -0.05) is 0 Å². The summed E-state index contributed by atoms with van der Waals surface area (Å²) in [7, 11) is 0. The molecule has 0 unspecified atom stereocenters. The fourth-order valence-corrected chi connectivity index (χ4v) is 1.49. The van der Waals surface area contributed by atoms with Crippen LogP contribution in [0.5, 0.6) is 0 Å². The third kappa shape index (κ3) is 6.75. The van der Waals surface area contributed by atoms with Crippen LogP contribution in [0.15, 0.2) is 0 Å². The van der Waals surface area contributed by atoms with Crippen LogP contribution >= 0.6 is 11.6 Å². The van der Waals surface area contributed by atoms with Crippen molar-refractivity contribution in [2.45, 2.75) is 26.3 Å². The predicted molar refractivity (Wildman–Crippen MR) is 83.9 cm³/mol. The summed E-state index contributed by atoms with van der Waals surface area (Å²) in [6.07, 6.45) is 0. The number of nitrogens with one attached hydrogen (secondary N) is 4. The minimum Gasteiger partial charge on any atom is -0.354 e. The van der Waals surface area contributed by atoms with E-state index >= 15 is 0 Å². The first kappa shape index (κ1) is 18.4. The number of imide groups is 1. The Bertz CT molecular complexity index is 614. The van der Waals surface area contributed by atoms with E-state index in [0.717, 1.165) is 0 Å². The van der Waals surface area contributed by atoms with Gasteiger partial charge < -0.3 is 16.0 Å². The Hall–Kier alpha value is -2.67. The van der Waals surface area contributed by atoms with Crippen LogP contribution in [-0.4, -0.2) is 45.5 Å². The van der Waals surface area contributed by atoms with Crippen molar-refractivity contribution in [3.05, 3.63) is 5.28 Å². The summed E-state index contributed by atoms with van der Waals surface area (Å²) in [5.41, 5.74) is -0.756. The molecule has 0 spiro atoms. The molecule has 0 aromatic carbocycles. The van der Waals surface area contributed by atoms with Crippen molar-refractivity contribution in [3.63, 3.8) is 0 Å². The Morgan fingerprint density at radius 1 is 1.30 bits per heavy atom. The number of nitrogens with zero attached hydrogens (tertiary/aromatic N) is 4. The standard InChI is InChI=1S/C9H13ClN6.C3H4N2O2/c1-4-12-7-13-6(10)14-8(15-7)16-9(2,3)5-11;6-2-1-4-3(7)5-2/h4H2,1-3H3,(H2,12,13,14,15,16);1H2,(H2,4,5,6,7). The number of hydrogen-bond donors (Lipinski definition) is 4. The van der Waals surface area contributed by atoms with Crippen molar-refractivity contribution in [2.75, 3.05) is 23.7 Å². The monoisotopic (exact) mass is 340 g/mol. The quantitative estimate of drug-likeness (QED) is 0.580. The van der Waals surface area contributed by atoms with Crippen LogP contribution in [0, 0.1) is 11.3 Å². The molecular formula is C12H17ClN8O2. The largest absolute Gasteiger partial charge is 0.354 e. The van der Waals surface area contributed by atoms with Gasteiger partial charge in [0.2, 0.25) is 23.1 Å². The fraction of sp³-hybridized carbons (Fsp3) is 0.500. The highest BCUT2D eigenvalue weighted by Crippen LogP contribution is 2.13. The molecule has 1 saturated heterocycles. The Labute approximate surface area is 138 Å². The minimum atomic E-state index is -0.756. The molecule has 10 nitrogen and oxygen atoms in total. The number of halogens is 1. The van der Waals surface area contributed by atoms with Crippen LogP contribution in [0.4, 0.5) is 16.7 Å². The van der Waals surface area contributed by atoms with E-state index in [2.05, 4.69) is 37.0 Å². The molecule has 11 heteroatoms. The van der Waals surface area contributed by atoms with E-state index in [0.29, 0.717) is 12.5 Å². The molecule has 1 aromatic heterocycles. The maximum atomic E-state index is 10.1. The average molecular weight is 341 g/mol. The Balaban J connectivity index is 0.000000313. The molecule has 1 aliphatic heterocycles. The van der Waals surface area contributed by atoms with Gasteiger partial charge in [0, 0.05) is 6.54 Å². The second-order valence-electron chi connectivity index (χ2n) is 4.87. The predicted octanol–water partition coefficient (Wildman–Crippen LogP) is 0.497. The van der Waals surface area contributed by atoms with Gasteiger partial charge in [-0.3, -0.25) is 10.1 Å². The average Bonchev–Trinajstić information content (AvgIpc) is 2.82. The van der Waals surface area contributed by atoms with E-state index in [9.17, 15) is 9.59 Å². The smallest absolute Gasteiger partial charge is 0.321 e. The van der Waals surface area contributed by atoms with E-state index in [4.69, 9.17) is 16.9 Å². The Kier molecular flexibility index (Phi) is 6.47. The molecule has 23 heavy (non-hydrogen) atoms. The van der Waals surface area contributed by atoms with E-state index in [1.54, 1.807) is 13.8 Å². The molecule has 1 fully saturated rings. The summed E-state index contributed by atoms with van der Waals surface area (Å²) < 4.78 is 0. The summed E-state index contributed by atoms with van der Waals surface area (Å²) in [5, 5.41) is 19.0. The Morgan fingerprint density at radius 2 is 1.96 bits per heavy atom. The second-order valence-corrected chi connectivity index (χ2v) is 5.21. The van der Waals surface area contributed by atoms with Crippen molar-refractivity contribution in [3.8, 4) is 6.07 Å². The number of urea groups is 1. The summed E-state index contributed by atoms with van der Waals surface area (Å²) in [4.78, 5) is 31.9. The van der Waals surface area contributed by atoms with Crippen LogP contribution in [0.25, 0.3) is 0 Å². The lowest BCUT2D eigenvalue weighted by atomic mass is 10.1. The van der Waals surface area contributed by atoms with Gasteiger partial charge in [0.05, 0.1) is 12.6 Å². The normalized spacial score (nSPS) is 13.2. The van der Waals surface area contributed by atoms with Gasteiger partial charge in [0.1, 0.15) is 5.54 Å². The number of hydrogen-bond acceptors (Lipinski definition) is 8. The van der Waals surface area contributed by atoms with E-state index in [1.807, 2.05) is 12.2 Å². The fourth-order valence-electron chi connectivity index (χ4n) is 1.33. The van der Waals surface area contributed by atoms with Crippen LogP contribution in [-0.2, 0) is 4.79 Å². The van der Waals surface area contributed by atoms with E-state index in [-0.39, 0.29) is 23.7 Å². The van der Waals surface area contributed by atoms with Gasteiger partial charge in [-0.15, -0.1) is 0 Å². The highest BCUT2D eigenvalue weighted by molar-refractivity contribution is 6.28. The Morgan fingerprint density at radius 3 is 2.39 bits per heavy atom. The molecule has 0 bridgehead atoms. The lowest BCUT2D eigenvalue weighted by Crippen LogP contribution is -2.29. The van der Waals surface area contributed by atoms with E-state index < -0.39 is 11.6 Å². The van der Waals surface area contributed by atoms with Crippen molar-refractivity contribution in [1.29, 1.82) is 5.26 Å². The molecule has 3 amide bonds. The second kappa shape index (κ2) is 8.09. The van der Waals surface area contributed by atoms with Crippen molar-refractivity contribution >= 4 is 35.4 Å². The number of carbonyl (C=O) groups excluding carboxylic acids is 2. The van der Waals surface area contributed by atoms with Gasteiger partial charge >= 0.3 is 6.03 Å². The molecule has 0 radical (unpaired) electrons. The number of rotatable bonds is 4. The zero-order valence-electron chi connectivity index (χ0n) is 12.9. The SMILES string of the molecule is CCNc1nc(Cl)nc(NC(C)(C)C#N)n1.O=C1CNC(=O)N1. The highest BCUT2D eigenvalue weighted by Gasteiger charge is 2.18. The molecule has 1 aromatic rings. The summed E-state index contributed by atoms with van der Waals surface area (Å²) >= 11 is 5.73. The third-order valence-corrected chi connectivity index (χ3v) is 2.48. The first-order chi connectivity index (χ1) is 10.8. The van der Waals surface area contributed by atoms with Gasteiger partial charge in [0.15, 0.2) is 0 Å². The molecule has 0 atom stereocenters. The third-order valence-electron chi connectivity index (χ3n) is 2.31. The molecule has 2 heterocycles. The number of anilines is 2. The molecular weight excluding hydrogens is 324 g/mol. The molecule has 124 valence electrons. The lowest BCUT2D eigenvalue weighted by Gasteiger charge is -2.17. The lowest BCUT2D eigenvalue weighted by molar-refractivity contribution is -0.117. The number of nitriles is 1. The topological polar surface area (TPSA) is 145 Å². The molecule has 4 N–H and O–H groups in total.